The summed E-state index contributed by atoms with van der Waals surface area (Å²) >= 11 is 5.95. The monoisotopic (exact) mass is 309 g/mol. The van der Waals surface area contributed by atoms with Gasteiger partial charge < -0.3 is 11.1 Å². The van der Waals surface area contributed by atoms with Crippen molar-refractivity contribution in [1.29, 1.82) is 0 Å². The van der Waals surface area contributed by atoms with Gasteiger partial charge in [0.15, 0.2) is 0 Å². The van der Waals surface area contributed by atoms with Crippen LogP contribution in [0.15, 0.2) is 18.2 Å². The number of halogens is 1. The molecule has 7 heteroatoms. The fourth-order valence-corrected chi connectivity index (χ4v) is 2.38. The predicted octanol–water partition coefficient (Wildman–Crippen LogP) is 1.65. The van der Waals surface area contributed by atoms with Crippen molar-refractivity contribution in [2.24, 2.45) is 5.92 Å². The zero-order valence-corrected chi connectivity index (χ0v) is 12.3. The summed E-state index contributed by atoms with van der Waals surface area (Å²) in [5.41, 5.74) is 6.51. The van der Waals surface area contributed by atoms with Gasteiger partial charge in [0.1, 0.15) is 0 Å². The molecule has 2 rings (SSSR count). The van der Waals surface area contributed by atoms with Crippen molar-refractivity contribution in [1.82, 2.24) is 4.90 Å². The molecule has 21 heavy (non-hydrogen) atoms. The van der Waals surface area contributed by atoms with Crippen molar-refractivity contribution in [2.75, 3.05) is 17.6 Å². The molecule has 1 heterocycles. The lowest BCUT2D eigenvalue weighted by Crippen LogP contribution is -2.33. The molecule has 0 aliphatic carbocycles. The van der Waals surface area contributed by atoms with Crippen LogP contribution < -0.4 is 11.1 Å². The number of amides is 3. The average molecular weight is 310 g/mol. The number of anilines is 2. The number of likely N-dealkylation sites (tertiary alicyclic amines) is 1. The van der Waals surface area contributed by atoms with Crippen LogP contribution in [0.25, 0.3) is 0 Å². The predicted molar refractivity (Wildman–Crippen MR) is 79.6 cm³/mol. The topological polar surface area (TPSA) is 92.5 Å². The van der Waals surface area contributed by atoms with Crippen LogP contribution in [0.2, 0.25) is 5.02 Å². The first-order chi connectivity index (χ1) is 9.88. The van der Waals surface area contributed by atoms with E-state index in [1.807, 2.05) is 0 Å². The Morgan fingerprint density at radius 3 is 2.76 bits per heavy atom. The molecule has 0 aromatic heterocycles. The molecule has 1 atom stereocenters. The zero-order valence-electron chi connectivity index (χ0n) is 11.6. The standard InChI is InChI=1S/C14H16ClN3O3/c1-8-6-13(20)18(14(8)21)5-4-12(19)17-11-3-2-9(16)7-10(11)15/h2-3,7-8H,4-6,16H2,1H3,(H,17,19). The lowest BCUT2D eigenvalue weighted by atomic mass is 10.1. The van der Waals surface area contributed by atoms with Gasteiger partial charge in [-0.05, 0) is 18.2 Å². The molecule has 0 saturated carbocycles. The maximum atomic E-state index is 11.9. The van der Waals surface area contributed by atoms with Gasteiger partial charge >= 0.3 is 0 Å². The van der Waals surface area contributed by atoms with Crippen molar-refractivity contribution < 1.29 is 14.4 Å². The number of nitrogen functional groups attached to an aromatic ring is 1. The van der Waals surface area contributed by atoms with Gasteiger partial charge in [0.2, 0.25) is 17.7 Å². The molecule has 112 valence electrons. The second-order valence-corrected chi connectivity index (χ2v) is 5.43. The molecule has 1 aromatic rings. The Kier molecular flexibility index (Phi) is 4.47. The van der Waals surface area contributed by atoms with E-state index in [-0.39, 0.29) is 43.0 Å². The third kappa shape index (κ3) is 3.52. The largest absolute Gasteiger partial charge is 0.399 e. The van der Waals surface area contributed by atoms with Crippen LogP contribution in [0.1, 0.15) is 19.8 Å². The van der Waals surface area contributed by atoms with E-state index >= 15 is 0 Å². The summed E-state index contributed by atoms with van der Waals surface area (Å²) in [6, 6.07) is 4.76. The van der Waals surface area contributed by atoms with E-state index in [1.54, 1.807) is 19.1 Å². The van der Waals surface area contributed by atoms with Gasteiger partial charge in [0.05, 0.1) is 10.7 Å². The summed E-state index contributed by atoms with van der Waals surface area (Å²) in [5.74, 6) is -1.07. The number of carbonyl (C=O) groups excluding carboxylic acids is 3. The Hall–Kier alpha value is -2.08. The molecule has 3 N–H and O–H groups in total. The highest BCUT2D eigenvalue weighted by molar-refractivity contribution is 6.34. The van der Waals surface area contributed by atoms with Crippen LogP contribution in [0, 0.1) is 5.92 Å². The average Bonchev–Trinajstić information content (AvgIpc) is 2.65. The minimum atomic E-state index is -0.318. The van der Waals surface area contributed by atoms with E-state index in [1.165, 1.54) is 6.07 Å². The minimum absolute atomic E-state index is 0.0326. The highest BCUT2D eigenvalue weighted by atomic mass is 35.5. The van der Waals surface area contributed by atoms with Gasteiger partial charge in [0.25, 0.3) is 0 Å². The third-order valence-electron chi connectivity index (χ3n) is 3.30. The normalized spacial score (nSPS) is 18.2. The molecular formula is C14H16ClN3O3. The summed E-state index contributed by atoms with van der Waals surface area (Å²) in [5, 5.41) is 2.96. The number of hydrogen-bond acceptors (Lipinski definition) is 4. The molecule has 1 aromatic carbocycles. The molecule has 0 bridgehead atoms. The van der Waals surface area contributed by atoms with Gasteiger partial charge in [-0.1, -0.05) is 18.5 Å². The number of rotatable bonds is 4. The molecule has 6 nitrogen and oxygen atoms in total. The molecule has 3 amide bonds. The number of nitrogens with one attached hydrogen (secondary N) is 1. The zero-order chi connectivity index (χ0) is 15.6. The number of nitrogens with two attached hydrogens (primary N) is 1. The first-order valence-corrected chi connectivity index (χ1v) is 6.95. The smallest absolute Gasteiger partial charge is 0.232 e. The van der Waals surface area contributed by atoms with E-state index in [9.17, 15) is 14.4 Å². The molecule has 1 fully saturated rings. The Bertz CT molecular complexity index is 603. The summed E-state index contributed by atoms with van der Waals surface area (Å²) < 4.78 is 0. The van der Waals surface area contributed by atoms with Crippen LogP contribution in [0.4, 0.5) is 11.4 Å². The van der Waals surface area contributed by atoms with Crippen molar-refractivity contribution in [3.8, 4) is 0 Å². The summed E-state index contributed by atoms with van der Waals surface area (Å²) in [6.07, 6.45) is 0.245. The van der Waals surface area contributed by atoms with Gasteiger partial charge in [-0.2, -0.15) is 0 Å². The van der Waals surface area contributed by atoms with Gasteiger partial charge in [-0.25, -0.2) is 0 Å². The highest BCUT2D eigenvalue weighted by Gasteiger charge is 2.35. The summed E-state index contributed by atoms with van der Waals surface area (Å²) in [7, 11) is 0. The fourth-order valence-electron chi connectivity index (χ4n) is 2.14. The van der Waals surface area contributed by atoms with Crippen LogP contribution in [-0.2, 0) is 14.4 Å². The second kappa shape index (κ2) is 6.13. The summed E-state index contributed by atoms with van der Waals surface area (Å²) in [4.78, 5) is 36.3. The van der Waals surface area contributed by atoms with Crippen molar-refractivity contribution >= 4 is 40.7 Å². The minimum Gasteiger partial charge on any atom is -0.399 e. The molecular weight excluding hydrogens is 294 g/mol. The number of imide groups is 1. The van der Waals surface area contributed by atoms with Crippen LogP contribution in [0.3, 0.4) is 0 Å². The quantitative estimate of drug-likeness (QED) is 0.653. The Labute approximate surface area is 127 Å². The highest BCUT2D eigenvalue weighted by Crippen LogP contribution is 2.24. The molecule has 0 radical (unpaired) electrons. The first kappa shape index (κ1) is 15.3. The maximum absolute atomic E-state index is 11.9. The van der Waals surface area contributed by atoms with Crippen LogP contribution in [0.5, 0.6) is 0 Å². The number of hydrogen-bond donors (Lipinski definition) is 2. The third-order valence-corrected chi connectivity index (χ3v) is 3.61. The van der Waals surface area contributed by atoms with E-state index in [4.69, 9.17) is 17.3 Å². The molecule has 1 unspecified atom stereocenters. The summed E-state index contributed by atoms with van der Waals surface area (Å²) in [6.45, 7) is 1.79. The lowest BCUT2D eigenvalue weighted by Gasteiger charge is -2.14. The van der Waals surface area contributed by atoms with E-state index < -0.39 is 0 Å². The number of carbonyl (C=O) groups is 3. The maximum Gasteiger partial charge on any atom is 0.232 e. The van der Waals surface area contributed by atoms with Gasteiger partial charge in [-0.15, -0.1) is 0 Å². The van der Waals surface area contributed by atoms with E-state index in [0.29, 0.717) is 16.4 Å². The fraction of sp³-hybridized carbons (Fsp3) is 0.357. The second-order valence-electron chi connectivity index (χ2n) is 5.03. The Morgan fingerprint density at radius 2 is 2.19 bits per heavy atom. The van der Waals surface area contributed by atoms with Crippen molar-refractivity contribution in [3.05, 3.63) is 23.2 Å². The van der Waals surface area contributed by atoms with E-state index in [0.717, 1.165) is 4.90 Å². The van der Waals surface area contributed by atoms with Crippen molar-refractivity contribution in [3.63, 3.8) is 0 Å². The van der Waals surface area contributed by atoms with Crippen LogP contribution >= 0.6 is 11.6 Å². The van der Waals surface area contributed by atoms with Gasteiger partial charge in [0, 0.05) is 31.0 Å². The Morgan fingerprint density at radius 1 is 1.48 bits per heavy atom. The first-order valence-electron chi connectivity index (χ1n) is 6.57. The lowest BCUT2D eigenvalue weighted by molar-refractivity contribution is -0.139. The van der Waals surface area contributed by atoms with Gasteiger partial charge in [-0.3, -0.25) is 19.3 Å². The number of benzene rings is 1. The van der Waals surface area contributed by atoms with Crippen LogP contribution in [-0.4, -0.2) is 29.2 Å². The Balaban J connectivity index is 1.91. The molecule has 1 saturated heterocycles. The van der Waals surface area contributed by atoms with E-state index in [2.05, 4.69) is 5.32 Å². The molecule has 1 aliphatic heterocycles. The SMILES string of the molecule is CC1CC(=O)N(CCC(=O)Nc2ccc(N)cc2Cl)C1=O. The number of nitrogens with zero attached hydrogens (tertiary/aromatic N) is 1. The van der Waals surface area contributed by atoms with Crippen molar-refractivity contribution in [2.45, 2.75) is 19.8 Å². The molecule has 1 aliphatic rings. The molecule has 0 spiro atoms.